The van der Waals surface area contributed by atoms with Gasteiger partial charge in [0.1, 0.15) is 5.75 Å². The third-order valence-electron chi connectivity index (χ3n) is 5.24. The van der Waals surface area contributed by atoms with Crippen LogP contribution in [-0.2, 0) is 4.79 Å². The second kappa shape index (κ2) is 8.95. The molecule has 0 radical (unpaired) electrons. The van der Waals surface area contributed by atoms with Crippen molar-refractivity contribution in [2.24, 2.45) is 11.8 Å². The minimum atomic E-state index is -0.292. The van der Waals surface area contributed by atoms with Gasteiger partial charge in [0.05, 0.1) is 19.3 Å². The number of rotatable bonds is 7. The molecule has 6 heteroatoms. The van der Waals surface area contributed by atoms with Gasteiger partial charge in [-0.2, -0.15) is 0 Å². The number of carbonyl (C=O) groups excluding carboxylic acids is 2. The third kappa shape index (κ3) is 4.55. The van der Waals surface area contributed by atoms with E-state index in [4.69, 9.17) is 9.15 Å². The summed E-state index contributed by atoms with van der Waals surface area (Å²) in [4.78, 5) is 27.3. The first-order valence-electron chi connectivity index (χ1n) is 9.74. The molecule has 1 aromatic heterocycles. The molecule has 1 saturated heterocycles. The molecule has 2 atom stereocenters. The molecule has 2 unspecified atom stereocenters. The molecule has 150 valence electrons. The number of carbonyl (C=O) groups is 2. The van der Waals surface area contributed by atoms with E-state index in [1.807, 2.05) is 24.3 Å². The highest BCUT2D eigenvalue weighted by Crippen LogP contribution is 2.34. The van der Waals surface area contributed by atoms with E-state index in [0.717, 1.165) is 17.7 Å². The minimum absolute atomic E-state index is 0.00351. The van der Waals surface area contributed by atoms with Crippen molar-refractivity contribution in [3.63, 3.8) is 0 Å². The fraction of sp³-hybridized carbons (Fsp3) is 0.455. The molecular weight excluding hydrogens is 356 g/mol. The molecular formula is C22H28N2O4. The van der Waals surface area contributed by atoms with Crippen molar-refractivity contribution in [1.82, 2.24) is 10.2 Å². The second-order valence-corrected chi connectivity index (χ2v) is 7.65. The first-order chi connectivity index (χ1) is 13.5. The monoisotopic (exact) mass is 384 g/mol. The molecule has 2 heterocycles. The number of nitrogens with zero attached hydrogens (tertiary/aromatic N) is 1. The Morgan fingerprint density at radius 3 is 2.57 bits per heavy atom. The van der Waals surface area contributed by atoms with Gasteiger partial charge in [0.15, 0.2) is 5.76 Å². The van der Waals surface area contributed by atoms with Crippen LogP contribution in [0.3, 0.4) is 0 Å². The normalized spacial score (nSPS) is 19.1. The molecule has 1 fully saturated rings. The number of benzene rings is 1. The average Bonchev–Trinajstić information content (AvgIpc) is 3.37. The maximum atomic E-state index is 12.9. The van der Waals surface area contributed by atoms with Crippen LogP contribution < -0.4 is 10.1 Å². The molecule has 28 heavy (non-hydrogen) atoms. The number of likely N-dealkylation sites (tertiary alicyclic amines) is 1. The predicted molar refractivity (Wildman–Crippen MR) is 106 cm³/mol. The molecule has 1 aliphatic heterocycles. The lowest BCUT2D eigenvalue weighted by molar-refractivity contribution is -0.124. The van der Waals surface area contributed by atoms with Crippen molar-refractivity contribution in [1.29, 1.82) is 0 Å². The molecule has 6 nitrogen and oxygen atoms in total. The van der Waals surface area contributed by atoms with Gasteiger partial charge in [-0.1, -0.05) is 26.0 Å². The molecule has 0 spiro atoms. The van der Waals surface area contributed by atoms with Crippen molar-refractivity contribution >= 4 is 11.8 Å². The van der Waals surface area contributed by atoms with Crippen LogP contribution in [0.1, 0.15) is 42.3 Å². The highest BCUT2D eigenvalue weighted by molar-refractivity contribution is 5.92. The number of hydrogen-bond donors (Lipinski definition) is 1. The van der Waals surface area contributed by atoms with Gasteiger partial charge in [-0.15, -0.1) is 0 Å². The summed E-state index contributed by atoms with van der Waals surface area (Å²) in [7, 11) is 1.62. The second-order valence-electron chi connectivity index (χ2n) is 7.65. The summed E-state index contributed by atoms with van der Waals surface area (Å²) in [6, 6.07) is 11.1. The lowest BCUT2D eigenvalue weighted by Crippen LogP contribution is -2.36. The van der Waals surface area contributed by atoms with Crippen LogP contribution >= 0.6 is 0 Å². The zero-order valence-electron chi connectivity index (χ0n) is 16.7. The summed E-state index contributed by atoms with van der Waals surface area (Å²) >= 11 is 0. The Kier molecular flexibility index (Phi) is 6.39. The van der Waals surface area contributed by atoms with Gasteiger partial charge in [0.2, 0.25) is 5.91 Å². The SMILES string of the molecule is COc1ccc(C2CN(C(=O)c3ccco3)CC2C(=O)NCCC(C)C)cc1. The zero-order chi connectivity index (χ0) is 20.1. The Morgan fingerprint density at radius 1 is 1.21 bits per heavy atom. The van der Waals surface area contributed by atoms with Gasteiger partial charge in [0, 0.05) is 25.6 Å². The molecule has 3 rings (SSSR count). The van der Waals surface area contributed by atoms with E-state index in [1.54, 1.807) is 24.1 Å². The zero-order valence-corrected chi connectivity index (χ0v) is 16.7. The Bertz CT molecular complexity index is 783. The van der Waals surface area contributed by atoms with Gasteiger partial charge in [0.25, 0.3) is 5.91 Å². The summed E-state index contributed by atoms with van der Waals surface area (Å²) < 4.78 is 10.5. The lowest BCUT2D eigenvalue weighted by Gasteiger charge is -2.18. The molecule has 2 aromatic rings. The van der Waals surface area contributed by atoms with Crippen LogP contribution in [0.4, 0.5) is 0 Å². The summed E-state index contributed by atoms with van der Waals surface area (Å²) in [5, 5.41) is 3.05. The number of hydrogen-bond acceptors (Lipinski definition) is 4. The molecule has 1 N–H and O–H groups in total. The Hall–Kier alpha value is -2.76. The lowest BCUT2D eigenvalue weighted by atomic mass is 9.88. The van der Waals surface area contributed by atoms with Crippen molar-refractivity contribution in [2.45, 2.75) is 26.2 Å². The van der Waals surface area contributed by atoms with Gasteiger partial charge < -0.3 is 19.4 Å². The van der Waals surface area contributed by atoms with Crippen molar-refractivity contribution in [3.8, 4) is 5.75 Å². The highest BCUT2D eigenvalue weighted by atomic mass is 16.5. The smallest absolute Gasteiger partial charge is 0.289 e. The van der Waals surface area contributed by atoms with Crippen LogP contribution in [0.25, 0.3) is 0 Å². The number of amides is 2. The highest BCUT2D eigenvalue weighted by Gasteiger charge is 2.41. The third-order valence-corrected chi connectivity index (χ3v) is 5.24. The van der Waals surface area contributed by atoms with E-state index >= 15 is 0 Å². The van der Waals surface area contributed by atoms with Crippen molar-refractivity contribution < 1.29 is 18.7 Å². The first kappa shape index (κ1) is 20.0. The predicted octanol–water partition coefficient (Wildman–Crippen LogP) is 3.31. The molecule has 0 aliphatic carbocycles. The molecule has 0 saturated carbocycles. The van der Waals surface area contributed by atoms with Crippen LogP contribution in [0, 0.1) is 11.8 Å². The van der Waals surface area contributed by atoms with E-state index in [-0.39, 0.29) is 23.7 Å². The number of nitrogens with one attached hydrogen (secondary N) is 1. The number of methoxy groups -OCH3 is 1. The number of furan rings is 1. The standard InChI is InChI=1S/C22H28N2O4/c1-15(2)10-11-23-21(25)19-14-24(22(26)20-5-4-12-28-20)13-18(19)16-6-8-17(27-3)9-7-16/h4-9,12,15,18-19H,10-11,13-14H2,1-3H3,(H,23,25). The Morgan fingerprint density at radius 2 is 1.96 bits per heavy atom. The topological polar surface area (TPSA) is 71.8 Å². The maximum Gasteiger partial charge on any atom is 0.289 e. The quantitative estimate of drug-likeness (QED) is 0.795. The van der Waals surface area contributed by atoms with Gasteiger partial charge in [-0.3, -0.25) is 9.59 Å². The van der Waals surface area contributed by atoms with E-state index in [1.165, 1.54) is 6.26 Å². The number of ether oxygens (including phenoxy) is 1. The van der Waals surface area contributed by atoms with Crippen LogP contribution in [0.5, 0.6) is 5.75 Å². The fourth-order valence-corrected chi connectivity index (χ4v) is 3.60. The Labute approximate surface area is 165 Å². The minimum Gasteiger partial charge on any atom is -0.497 e. The summed E-state index contributed by atoms with van der Waals surface area (Å²) in [5.74, 6) is 1.05. The maximum absolute atomic E-state index is 12.9. The summed E-state index contributed by atoms with van der Waals surface area (Å²) in [6.07, 6.45) is 2.42. The van der Waals surface area contributed by atoms with Gasteiger partial charge in [-0.25, -0.2) is 0 Å². The van der Waals surface area contributed by atoms with Crippen molar-refractivity contribution in [2.75, 3.05) is 26.7 Å². The Balaban J connectivity index is 1.78. The van der Waals surface area contributed by atoms with E-state index in [9.17, 15) is 9.59 Å². The summed E-state index contributed by atoms with van der Waals surface area (Å²) in [5.41, 5.74) is 1.03. The fourth-order valence-electron chi connectivity index (χ4n) is 3.60. The van der Waals surface area contributed by atoms with Crippen LogP contribution in [-0.4, -0.2) is 43.5 Å². The molecule has 0 bridgehead atoms. The largest absolute Gasteiger partial charge is 0.497 e. The first-order valence-corrected chi connectivity index (χ1v) is 9.74. The molecule has 2 amide bonds. The average molecular weight is 384 g/mol. The van der Waals surface area contributed by atoms with E-state index < -0.39 is 0 Å². The van der Waals surface area contributed by atoms with E-state index in [2.05, 4.69) is 19.2 Å². The molecule has 1 aliphatic rings. The summed E-state index contributed by atoms with van der Waals surface area (Å²) in [6.45, 7) is 5.77. The van der Waals surface area contributed by atoms with Gasteiger partial charge >= 0.3 is 0 Å². The van der Waals surface area contributed by atoms with Gasteiger partial charge in [-0.05, 0) is 42.2 Å². The molecule has 1 aromatic carbocycles. The van der Waals surface area contributed by atoms with Crippen LogP contribution in [0.15, 0.2) is 47.1 Å². The van der Waals surface area contributed by atoms with Crippen LogP contribution in [0.2, 0.25) is 0 Å². The van der Waals surface area contributed by atoms with Crippen molar-refractivity contribution in [3.05, 3.63) is 54.0 Å². The van der Waals surface area contributed by atoms with E-state index in [0.29, 0.717) is 31.3 Å².